The van der Waals surface area contributed by atoms with Gasteiger partial charge < -0.3 is 19.4 Å². The van der Waals surface area contributed by atoms with Crippen molar-refractivity contribution in [1.82, 2.24) is 14.9 Å². The van der Waals surface area contributed by atoms with Gasteiger partial charge in [-0.2, -0.15) is 0 Å². The summed E-state index contributed by atoms with van der Waals surface area (Å²) in [5.74, 6) is 0.572. The number of imidazole rings is 1. The van der Waals surface area contributed by atoms with Crippen LogP contribution < -0.4 is 10.1 Å². The Bertz CT molecular complexity index is 979. The predicted octanol–water partition coefficient (Wildman–Crippen LogP) is 2.73. The number of amides is 1. The highest BCUT2D eigenvalue weighted by Crippen LogP contribution is 2.29. The number of benzene rings is 2. The first-order valence-electron chi connectivity index (χ1n) is 8.64. The number of hydrogen-bond acceptors (Lipinski definition) is 5. The maximum atomic E-state index is 12.9. The smallest absolute Gasteiger partial charge is 0.337 e. The molecule has 0 radical (unpaired) electrons. The monoisotopic (exact) mass is 379 g/mol. The summed E-state index contributed by atoms with van der Waals surface area (Å²) < 4.78 is 12.0. The number of para-hydroxylation sites is 1. The topological polar surface area (TPSA) is 82.5 Å². The van der Waals surface area contributed by atoms with Crippen LogP contribution in [-0.4, -0.2) is 35.6 Å². The van der Waals surface area contributed by atoms with Gasteiger partial charge in [0.1, 0.15) is 17.6 Å². The van der Waals surface area contributed by atoms with Gasteiger partial charge in [-0.15, -0.1) is 0 Å². The minimum Gasteiger partial charge on any atom is -0.496 e. The van der Waals surface area contributed by atoms with Crippen LogP contribution in [0.2, 0.25) is 0 Å². The summed E-state index contributed by atoms with van der Waals surface area (Å²) in [7, 11) is 4.76. The summed E-state index contributed by atoms with van der Waals surface area (Å²) in [6.07, 6.45) is 3.49. The van der Waals surface area contributed by atoms with Crippen LogP contribution in [0, 0.1) is 0 Å². The van der Waals surface area contributed by atoms with E-state index in [1.54, 1.807) is 37.6 Å². The molecule has 1 N–H and O–H groups in total. The van der Waals surface area contributed by atoms with E-state index < -0.39 is 12.0 Å². The molecule has 0 aliphatic heterocycles. The molecule has 0 saturated heterocycles. The maximum Gasteiger partial charge on any atom is 0.337 e. The molecule has 3 rings (SSSR count). The van der Waals surface area contributed by atoms with Crippen molar-refractivity contribution in [2.24, 2.45) is 7.05 Å². The summed E-state index contributed by atoms with van der Waals surface area (Å²) in [5, 5.41) is 3.01. The molecular formula is C21H21N3O4. The molecule has 0 bridgehead atoms. The molecule has 1 unspecified atom stereocenters. The number of ether oxygens (including phenoxy) is 2. The van der Waals surface area contributed by atoms with Crippen molar-refractivity contribution < 1.29 is 19.1 Å². The van der Waals surface area contributed by atoms with Gasteiger partial charge in [0.05, 0.1) is 19.8 Å². The van der Waals surface area contributed by atoms with E-state index in [1.807, 2.05) is 42.1 Å². The number of carbonyl (C=O) groups is 2. The molecule has 2 aromatic carbocycles. The van der Waals surface area contributed by atoms with E-state index in [9.17, 15) is 9.59 Å². The minimum absolute atomic E-state index is 0.296. The summed E-state index contributed by atoms with van der Waals surface area (Å²) in [6.45, 7) is 0. The third-order valence-electron chi connectivity index (χ3n) is 4.41. The average molecular weight is 379 g/mol. The zero-order chi connectivity index (χ0) is 20.1. The van der Waals surface area contributed by atoms with Gasteiger partial charge in [0, 0.05) is 30.6 Å². The molecular weight excluding hydrogens is 358 g/mol. The van der Waals surface area contributed by atoms with Crippen molar-refractivity contribution in [3.05, 3.63) is 83.4 Å². The Morgan fingerprint density at radius 1 is 1.04 bits per heavy atom. The van der Waals surface area contributed by atoms with E-state index in [0.29, 0.717) is 22.7 Å². The van der Waals surface area contributed by atoms with Crippen LogP contribution in [0.5, 0.6) is 5.75 Å². The Labute approximate surface area is 162 Å². The van der Waals surface area contributed by atoms with Gasteiger partial charge in [-0.05, 0) is 30.3 Å². The summed E-state index contributed by atoms with van der Waals surface area (Å²) in [6, 6.07) is 13.2. The molecule has 1 amide bonds. The van der Waals surface area contributed by atoms with Crippen molar-refractivity contribution in [1.29, 1.82) is 0 Å². The predicted molar refractivity (Wildman–Crippen MR) is 103 cm³/mol. The minimum atomic E-state index is -0.510. The highest BCUT2D eigenvalue weighted by Gasteiger charge is 2.24. The normalized spacial score (nSPS) is 11.5. The molecule has 1 atom stereocenters. The average Bonchev–Trinajstić information content (AvgIpc) is 3.17. The Balaban J connectivity index is 1.93. The largest absolute Gasteiger partial charge is 0.496 e. The van der Waals surface area contributed by atoms with Gasteiger partial charge in [-0.1, -0.05) is 18.2 Å². The number of hydrogen-bond donors (Lipinski definition) is 1. The number of aryl methyl sites for hydroxylation is 1. The molecule has 7 heteroatoms. The fourth-order valence-electron chi connectivity index (χ4n) is 2.93. The van der Waals surface area contributed by atoms with Gasteiger partial charge in [0.15, 0.2) is 0 Å². The maximum absolute atomic E-state index is 12.9. The fourth-order valence-corrected chi connectivity index (χ4v) is 2.93. The van der Waals surface area contributed by atoms with Gasteiger partial charge in [0.2, 0.25) is 0 Å². The molecule has 3 aromatic rings. The molecule has 0 fully saturated rings. The van der Waals surface area contributed by atoms with Crippen LogP contribution >= 0.6 is 0 Å². The lowest BCUT2D eigenvalue weighted by Gasteiger charge is -2.21. The molecule has 0 saturated carbocycles. The van der Waals surface area contributed by atoms with E-state index in [2.05, 4.69) is 15.0 Å². The highest BCUT2D eigenvalue weighted by molar-refractivity contribution is 5.96. The molecule has 7 nitrogen and oxygen atoms in total. The van der Waals surface area contributed by atoms with Crippen LogP contribution in [0.25, 0.3) is 0 Å². The summed E-state index contributed by atoms with van der Waals surface area (Å²) >= 11 is 0. The van der Waals surface area contributed by atoms with E-state index >= 15 is 0 Å². The summed E-state index contributed by atoms with van der Waals surface area (Å²) in [5.41, 5.74) is 1.59. The number of methoxy groups -OCH3 is 2. The third-order valence-corrected chi connectivity index (χ3v) is 4.41. The summed E-state index contributed by atoms with van der Waals surface area (Å²) in [4.78, 5) is 28.8. The van der Waals surface area contributed by atoms with E-state index in [1.165, 1.54) is 7.11 Å². The quantitative estimate of drug-likeness (QED) is 0.666. The SMILES string of the molecule is COC(=O)c1ccc(C(=O)NC(c2ccccc2OC)c2nccn2C)cc1. The number of esters is 1. The Morgan fingerprint density at radius 2 is 1.71 bits per heavy atom. The van der Waals surface area contributed by atoms with Crippen LogP contribution in [0.3, 0.4) is 0 Å². The fraction of sp³-hybridized carbons (Fsp3) is 0.190. The van der Waals surface area contributed by atoms with E-state index in [0.717, 1.165) is 5.56 Å². The standard InChI is InChI=1S/C21H21N3O4/c1-24-13-12-22-19(24)18(16-6-4-5-7-17(16)27-2)23-20(25)14-8-10-15(11-9-14)21(26)28-3/h4-13,18H,1-3H3,(H,23,25). The molecule has 144 valence electrons. The lowest BCUT2D eigenvalue weighted by molar-refractivity contribution is 0.0600. The van der Waals surface area contributed by atoms with E-state index in [4.69, 9.17) is 4.74 Å². The highest BCUT2D eigenvalue weighted by atomic mass is 16.5. The first-order chi connectivity index (χ1) is 13.5. The molecule has 28 heavy (non-hydrogen) atoms. The van der Waals surface area contributed by atoms with Crippen molar-refractivity contribution in [3.8, 4) is 5.75 Å². The third kappa shape index (κ3) is 3.88. The number of carbonyl (C=O) groups excluding carboxylic acids is 2. The second-order valence-corrected chi connectivity index (χ2v) is 6.11. The van der Waals surface area contributed by atoms with Crippen LogP contribution in [-0.2, 0) is 11.8 Å². The second-order valence-electron chi connectivity index (χ2n) is 6.11. The van der Waals surface area contributed by atoms with Crippen LogP contribution in [0.1, 0.15) is 38.1 Å². The van der Waals surface area contributed by atoms with Gasteiger partial charge in [-0.3, -0.25) is 4.79 Å². The molecule has 0 spiro atoms. The van der Waals surface area contributed by atoms with Gasteiger partial charge >= 0.3 is 5.97 Å². The lowest BCUT2D eigenvalue weighted by Crippen LogP contribution is -2.31. The number of rotatable bonds is 6. The van der Waals surface area contributed by atoms with Crippen molar-refractivity contribution in [2.75, 3.05) is 14.2 Å². The van der Waals surface area contributed by atoms with Crippen molar-refractivity contribution in [3.63, 3.8) is 0 Å². The number of nitrogens with one attached hydrogen (secondary N) is 1. The number of nitrogens with zero attached hydrogens (tertiary/aromatic N) is 2. The molecule has 1 aromatic heterocycles. The number of aromatic nitrogens is 2. The van der Waals surface area contributed by atoms with E-state index in [-0.39, 0.29) is 5.91 Å². The molecule has 1 heterocycles. The zero-order valence-corrected chi connectivity index (χ0v) is 15.9. The Kier molecular flexibility index (Phi) is 5.74. The van der Waals surface area contributed by atoms with Gasteiger partial charge in [0.25, 0.3) is 5.91 Å². The molecule has 0 aliphatic rings. The first-order valence-corrected chi connectivity index (χ1v) is 8.64. The van der Waals surface area contributed by atoms with Gasteiger partial charge in [-0.25, -0.2) is 9.78 Å². The Morgan fingerprint density at radius 3 is 2.32 bits per heavy atom. The van der Waals surface area contributed by atoms with Crippen LogP contribution in [0.15, 0.2) is 60.9 Å². The second kappa shape index (κ2) is 8.39. The lowest BCUT2D eigenvalue weighted by atomic mass is 10.0. The van der Waals surface area contributed by atoms with Crippen LogP contribution in [0.4, 0.5) is 0 Å². The molecule has 0 aliphatic carbocycles. The van der Waals surface area contributed by atoms with Crippen molar-refractivity contribution in [2.45, 2.75) is 6.04 Å². The first kappa shape index (κ1) is 19.2. The Hall–Kier alpha value is -3.61. The zero-order valence-electron chi connectivity index (χ0n) is 15.9. The van der Waals surface area contributed by atoms with Crippen molar-refractivity contribution >= 4 is 11.9 Å².